The Hall–Kier alpha value is -1.39. The molecule has 1 N–H and O–H groups in total. The van der Waals surface area contributed by atoms with Gasteiger partial charge >= 0.3 is 5.97 Å². The van der Waals surface area contributed by atoms with E-state index in [2.05, 4.69) is 0 Å². The highest BCUT2D eigenvalue weighted by atomic mass is 32.2. The van der Waals surface area contributed by atoms with E-state index in [1.807, 2.05) is 56.3 Å². The minimum Gasteiger partial charge on any atom is -0.478 e. The molecule has 0 aliphatic rings. The van der Waals surface area contributed by atoms with Gasteiger partial charge in [0.15, 0.2) is 0 Å². The molecular formula is C16H16O2S2. The van der Waals surface area contributed by atoms with Crippen molar-refractivity contribution in [1.29, 1.82) is 0 Å². The lowest BCUT2D eigenvalue weighted by molar-refractivity contribution is 0.0689. The molecule has 0 atom stereocenters. The lowest BCUT2D eigenvalue weighted by Crippen LogP contribution is -2.01. The fraction of sp³-hybridized carbons (Fsp3) is 0.188. The van der Waals surface area contributed by atoms with E-state index in [1.165, 1.54) is 11.8 Å². The Balaban J connectivity index is 2.44. The largest absolute Gasteiger partial charge is 0.478 e. The molecule has 0 heterocycles. The number of hydrogen-bond acceptors (Lipinski definition) is 3. The van der Waals surface area contributed by atoms with Crippen LogP contribution in [-0.2, 0) is 0 Å². The number of thioether (sulfide) groups is 1. The van der Waals surface area contributed by atoms with Crippen LogP contribution in [0.2, 0.25) is 0 Å². The summed E-state index contributed by atoms with van der Waals surface area (Å²) >= 11 is 3.08. The van der Waals surface area contributed by atoms with Crippen LogP contribution in [-0.4, -0.2) is 16.8 Å². The van der Waals surface area contributed by atoms with E-state index in [9.17, 15) is 9.90 Å². The van der Waals surface area contributed by atoms with Crippen LogP contribution in [0.4, 0.5) is 0 Å². The predicted molar refractivity (Wildman–Crippen MR) is 85.1 cm³/mol. The molecule has 0 aliphatic heterocycles. The van der Waals surface area contributed by atoms with Crippen LogP contribution < -0.4 is 0 Å². The van der Waals surface area contributed by atoms with Crippen LogP contribution in [0.1, 0.15) is 22.8 Å². The smallest absolute Gasteiger partial charge is 0.337 e. The molecule has 104 valence electrons. The van der Waals surface area contributed by atoms with Crippen molar-refractivity contribution >= 4 is 29.5 Å². The second-order valence-electron chi connectivity index (χ2n) is 4.24. The first kappa shape index (κ1) is 15.0. The Labute approximate surface area is 127 Å². The van der Waals surface area contributed by atoms with Crippen molar-refractivity contribution in [2.75, 3.05) is 5.75 Å². The zero-order valence-corrected chi connectivity index (χ0v) is 13.1. The van der Waals surface area contributed by atoms with Crippen LogP contribution in [0, 0.1) is 6.92 Å². The number of carboxylic acids is 1. The molecule has 2 aromatic rings. The average molecular weight is 304 g/mol. The molecule has 2 rings (SSSR count). The summed E-state index contributed by atoms with van der Waals surface area (Å²) < 4.78 is 0. The number of carbonyl (C=O) groups is 1. The average Bonchev–Trinajstić information content (AvgIpc) is 2.41. The third-order valence-electron chi connectivity index (χ3n) is 2.82. The highest BCUT2D eigenvalue weighted by Crippen LogP contribution is 2.36. The minimum absolute atomic E-state index is 0.410. The van der Waals surface area contributed by atoms with Gasteiger partial charge in [-0.3, -0.25) is 0 Å². The molecule has 20 heavy (non-hydrogen) atoms. The maximum absolute atomic E-state index is 11.6. The van der Waals surface area contributed by atoms with Crippen molar-refractivity contribution in [1.82, 2.24) is 0 Å². The normalized spacial score (nSPS) is 10.5. The topological polar surface area (TPSA) is 37.3 Å². The summed E-state index contributed by atoms with van der Waals surface area (Å²) in [5, 5.41) is 9.49. The van der Waals surface area contributed by atoms with Gasteiger partial charge in [0, 0.05) is 14.7 Å². The first-order valence-corrected chi connectivity index (χ1v) is 8.16. The molecule has 0 aliphatic carbocycles. The summed E-state index contributed by atoms with van der Waals surface area (Å²) in [7, 11) is 0. The zero-order chi connectivity index (χ0) is 14.5. The van der Waals surface area contributed by atoms with Crippen LogP contribution in [0.25, 0.3) is 0 Å². The summed E-state index contributed by atoms with van der Waals surface area (Å²) in [5.41, 5.74) is 1.56. The third kappa shape index (κ3) is 3.38. The Kier molecular flexibility index (Phi) is 5.15. The third-order valence-corrected chi connectivity index (χ3v) is 4.99. The maximum atomic E-state index is 11.6. The van der Waals surface area contributed by atoms with E-state index in [1.54, 1.807) is 11.8 Å². The van der Waals surface area contributed by atoms with Gasteiger partial charge in [-0.15, -0.1) is 11.8 Å². The Morgan fingerprint density at radius 3 is 2.35 bits per heavy atom. The summed E-state index contributed by atoms with van der Waals surface area (Å²) in [5.74, 6) is -0.00342. The zero-order valence-electron chi connectivity index (χ0n) is 11.4. The van der Waals surface area contributed by atoms with Crippen molar-refractivity contribution < 1.29 is 9.90 Å². The van der Waals surface area contributed by atoms with Gasteiger partial charge in [0.1, 0.15) is 0 Å². The van der Waals surface area contributed by atoms with Gasteiger partial charge in [-0.05, 0) is 36.4 Å². The maximum Gasteiger partial charge on any atom is 0.337 e. The highest BCUT2D eigenvalue weighted by Gasteiger charge is 2.16. The van der Waals surface area contributed by atoms with Gasteiger partial charge in [-0.2, -0.15) is 0 Å². The summed E-state index contributed by atoms with van der Waals surface area (Å²) in [4.78, 5) is 14.3. The molecule has 4 heteroatoms. The number of hydrogen-bond donors (Lipinski definition) is 1. The second-order valence-corrected chi connectivity index (χ2v) is 6.62. The van der Waals surface area contributed by atoms with Crippen molar-refractivity contribution in [2.45, 2.75) is 28.5 Å². The highest BCUT2D eigenvalue weighted by molar-refractivity contribution is 8.00. The van der Waals surface area contributed by atoms with Gasteiger partial charge in [0.05, 0.1) is 5.56 Å². The van der Waals surface area contributed by atoms with Crippen LogP contribution >= 0.6 is 23.5 Å². The van der Waals surface area contributed by atoms with Gasteiger partial charge in [0.2, 0.25) is 0 Å². The van der Waals surface area contributed by atoms with E-state index in [0.717, 1.165) is 26.0 Å². The molecule has 0 unspecified atom stereocenters. The van der Waals surface area contributed by atoms with E-state index >= 15 is 0 Å². The van der Waals surface area contributed by atoms with Crippen LogP contribution in [0.15, 0.2) is 57.2 Å². The fourth-order valence-corrected chi connectivity index (χ4v) is 3.82. The lowest BCUT2D eigenvalue weighted by atomic mass is 10.2. The van der Waals surface area contributed by atoms with Crippen LogP contribution in [0.5, 0.6) is 0 Å². The van der Waals surface area contributed by atoms with Crippen molar-refractivity contribution in [3.05, 3.63) is 53.6 Å². The predicted octanol–water partition coefficient (Wildman–Crippen LogP) is 4.96. The summed E-state index contributed by atoms with van der Waals surface area (Å²) in [6.07, 6.45) is 0. The molecular weight excluding hydrogens is 288 g/mol. The van der Waals surface area contributed by atoms with E-state index in [-0.39, 0.29) is 0 Å². The quantitative estimate of drug-likeness (QED) is 0.792. The number of carboxylic acid groups (broad SMARTS) is 1. The summed E-state index contributed by atoms with van der Waals surface area (Å²) in [6, 6.07) is 13.7. The molecule has 0 fully saturated rings. The van der Waals surface area contributed by atoms with Crippen molar-refractivity contribution in [3.63, 3.8) is 0 Å². The van der Waals surface area contributed by atoms with Crippen molar-refractivity contribution in [3.8, 4) is 0 Å². The van der Waals surface area contributed by atoms with Gasteiger partial charge < -0.3 is 5.11 Å². The molecule has 0 aromatic heterocycles. The molecule has 2 aromatic carbocycles. The van der Waals surface area contributed by atoms with Gasteiger partial charge in [0.25, 0.3) is 0 Å². The second kappa shape index (κ2) is 6.86. The fourth-order valence-electron chi connectivity index (χ4n) is 1.87. The van der Waals surface area contributed by atoms with Crippen molar-refractivity contribution in [2.24, 2.45) is 0 Å². The van der Waals surface area contributed by atoms with Crippen LogP contribution in [0.3, 0.4) is 0 Å². The Bertz CT molecular complexity index is 624. The molecule has 0 radical (unpaired) electrons. The molecule has 0 spiro atoms. The molecule has 0 bridgehead atoms. The van der Waals surface area contributed by atoms with Gasteiger partial charge in [-0.1, -0.05) is 43.0 Å². The number of aryl methyl sites for hydroxylation is 1. The molecule has 2 nitrogen and oxygen atoms in total. The first-order chi connectivity index (χ1) is 9.63. The minimum atomic E-state index is -0.863. The summed E-state index contributed by atoms with van der Waals surface area (Å²) in [6.45, 7) is 4.06. The molecule has 0 saturated carbocycles. The molecule has 0 amide bonds. The van der Waals surface area contributed by atoms with E-state index in [4.69, 9.17) is 0 Å². The Morgan fingerprint density at radius 1 is 1.05 bits per heavy atom. The number of benzene rings is 2. The van der Waals surface area contributed by atoms with E-state index in [0.29, 0.717) is 5.56 Å². The lowest BCUT2D eigenvalue weighted by Gasteiger charge is -2.11. The van der Waals surface area contributed by atoms with E-state index < -0.39 is 5.97 Å². The monoisotopic (exact) mass is 304 g/mol. The number of rotatable bonds is 5. The standard InChI is InChI=1S/C16H16O2S2/c1-3-19-13-9-6-10-14(15(13)16(17)18)20-12-8-5-4-7-11(12)2/h4-10H,3H2,1-2H3,(H,17,18). The first-order valence-electron chi connectivity index (χ1n) is 6.36. The Morgan fingerprint density at radius 2 is 1.70 bits per heavy atom. The SMILES string of the molecule is CCSc1cccc(Sc2ccccc2C)c1C(=O)O. The van der Waals surface area contributed by atoms with Gasteiger partial charge in [-0.25, -0.2) is 4.79 Å². The molecule has 0 saturated heterocycles. The number of aromatic carboxylic acids is 1.